The van der Waals surface area contributed by atoms with E-state index in [1.54, 1.807) is 6.21 Å². The number of benzene rings is 4. The van der Waals surface area contributed by atoms with Crippen LogP contribution in [0.3, 0.4) is 0 Å². The molecule has 0 bridgehead atoms. The third kappa shape index (κ3) is 4.39. The molecule has 0 atom stereocenters. The third-order valence-corrected chi connectivity index (χ3v) is 5.20. The predicted octanol–water partition coefficient (Wildman–Crippen LogP) is 6.49. The van der Waals surface area contributed by atoms with Crippen molar-refractivity contribution in [3.8, 4) is 0 Å². The Labute approximate surface area is 178 Å². The molecule has 4 aromatic carbocycles. The molecular formula is C25H18BrN3. The van der Waals surface area contributed by atoms with Crippen LogP contribution in [-0.4, -0.2) is 17.9 Å². The highest BCUT2D eigenvalue weighted by atomic mass is 79.9. The smallest absolute Gasteiger partial charge is 0.161 e. The lowest BCUT2D eigenvalue weighted by Crippen LogP contribution is -2.05. The van der Waals surface area contributed by atoms with Gasteiger partial charge in [-0.15, -0.1) is 0 Å². The summed E-state index contributed by atoms with van der Waals surface area (Å²) >= 11 is 3.59. The molecule has 0 saturated heterocycles. The SMILES string of the molecule is N=C(N=C(N=Cc1ccccc1)c1ccccc1)c1ccc(Br)c2ccccc12. The maximum atomic E-state index is 8.67. The molecule has 1 N–H and O–H groups in total. The van der Waals surface area contributed by atoms with Crippen LogP contribution < -0.4 is 0 Å². The molecule has 3 nitrogen and oxygen atoms in total. The number of halogens is 1. The highest BCUT2D eigenvalue weighted by Gasteiger charge is 2.10. The van der Waals surface area contributed by atoms with Crippen LogP contribution in [0.2, 0.25) is 0 Å². The van der Waals surface area contributed by atoms with Gasteiger partial charge in [0.1, 0.15) is 0 Å². The van der Waals surface area contributed by atoms with Gasteiger partial charge in [-0.05, 0) is 28.5 Å². The fourth-order valence-electron chi connectivity index (χ4n) is 3.06. The molecule has 140 valence electrons. The molecule has 0 spiro atoms. The molecule has 29 heavy (non-hydrogen) atoms. The highest BCUT2D eigenvalue weighted by molar-refractivity contribution is 9.10. The fraction of sp³-hybridized carbons (Fsp3) is 0. The Balaban J connectivity index is 1.78. The van der Waals surface area contributed by atoms with E-state index in [0.29, 0.717) is 5.84 Å². The van der Waals surface area contributed by atoms with E-state index in [1.165, 1.54) is 0 Å². The summed E-state index contributed by atoms with van der Waals surface area (Å²) in [5, 5.41) is 10.7. The first-order valence-corrected chi connectivity index (χ1v) is 10.0. The molecule has 0 aliphatic rings. The van der Waals surface area contributed by atoms with Crippen LogP contribution in [0.1, 0.15) is 16.7 Å². The average Bonchev–Trinajstić information content (AvgIpc) is 2.78. The first-order chi connectivity index (χ1) is 14.2. The molecule has 4 aromatic rings. The van der Waals surface area contributed by atoms with E-state index < -0.39 is 0 Å². The Bertz CT molecular complexity index is 1210. The summed E-state index contributed by atoms with van der Waals surface area (Å²) in [4.78, 5) is 9.20. The zero-order valence-corrected chi connectivity index (χ0v) is 17.2. The summed E-state index contributed by atoms with van der Waals surface area (Å²) in [6, 6.07) is 31.5. The van der Waals surface area contributed by atoms with Gasteiger partial charge in [-0.1, -0.05) is 101 Å². The lowest BCUT2D eigenvalue weighted by molar-refractivity contribution is 1.40. The van der Waals surface area contributed by atoms with Gasteiger partial charge in [0.15, 0.2) is 11.7 Å². The summed E-state index contributed by atoms with van der Waals surface area (Å²) in [6.07, 6.45) is 1.78. The van der Waals surface area contributed by atoms with E-state index in [2.05, 4.69) is 25.9 Å². The van der Waals surface area contributed by atoms with E-state index in [4.69, 9.17) is 5.41 Å². The van der Waals surface area contributed by atoms with Gasteiger partial charge in [-0.2, -0.15) is 0 Å². The van der Waals surface area contributed by atoms with Crippen LogP contribution in [0, 0.1) is 5.41 Å². The minimum absolute atomic E-state index is 0.178. The molecule has 0 amide bonds. The predicted molar refractivity (Wildman–Crippen MR) is 125 cm³/mol. The molecule has 4 heteroatoms. The normalized spacial score (nSPS) is 11.8. The first-order valence-electron chi connectivity index (χ1n) is 9.22. The molecule has 4 rings (SSSR count). The molecule has 0 aromatic heterocycles. The molecular weight excluding hydrogens is 422 g/mol. The van der Waals surface area contributed by atoms with Crippen molar-refractivity contribution < 1.29 is 0 Å². The van der Waals surface area contributed by atoms with E-state index in [0.717, 1.165) is 31.9 Å². The van der Waals surface area contributed by atoms with Crippen molar-refractivity contribution in [3.63, 3.8) is 0 Å². The van der Waals surface area contributed by atoms with Gasteiger partial charge < -0.3 is 0 Å². The average molecular weight is 440 g/mol. The second-order valence-corrected chi connectivity index (χ2v) is 7.31. The van der Waals surface area contributed by atoms with E-state index in [9.17, 15) is 0 Å². The van der Waals surface area contributed by atoms with Crippen molar-refractivity contribution in [2.45, 2.75) is 0 Å². The highest BCUT2D eigenvalue weighted by Crippen LogP contribution is 2.27. The number of nitrogens with one attached hydrogen (secondary N) is 1. The summed E-state index contributed by atoms with van der Waals surface area (Å²) in [7, 11) is 0. The van der Waals surface area contributed by atoms with Gasteiger partial charge in [-0.25, -0.2) is 9.98 Å². The van der Waals surface area contributed by atoms with Crippen molar-refractivity contribution in [3.05, 3.63) is 118 Å². The standard InChI is InChI=1S/C25H18BrN3/c26-23-16-15-22(20-13-7-8-14-21(20)23)24(27)29-25(19-11-5-2-6-12-19)28-17-18-9-3-1-4-10-18/h1-17,27H. The molecule has 0 aliphatic heterocycles. The molecule has 0 saturated carbocycles. The Hall–Kier alpha value is -3.37. The minimum Gasteiger partial charge on any atom is -0.282 e. The first kappa shape index (κ1) is 19.0. The number of rotatable bonds is 3. The summed E-state index contributed by atoms with van der Waals surface area (Å²) in [5.41, 5.74) is 2.62. The maximum Gasteiger partial charge on any atom is 0.161 e. The van der Waals surface area contributed by atoms with E-state index in [1.807, 2.05) is 97.1 Å². The minimum atomic E-state index is 0.178. The summed E-state index contributed by atoms with van der Waals surface area (Å²) < 4.78 is 0.999. The van der Waals surface area contributed by atoms with Crippen molar-refractivity contribution in [2.75, 3.05) is 0 Å². The topological polar surface area (TPSA) is 48.6 Å². The monoisotopic (exact) mass is 439 g/mol. The van der Waals surface area contributed by atoms with Crippen LogP contribution in [0.25, 0.3) is 10.8 Å². The fourth-order valence-corrected chi connectivity index (χ4v) is 3.54. The van der Waals surface area contributed by atoms with Crippen molar-refractivity contribution in [1.29, 1.82) is 5.41 Å². The van der Waals surface area contributed by atoms with Crippen molar-refractivity contribution in [2.24, 2.45) is 9.98 Å². The molecule has 0 heterocycles. The van der Waals surface area contributed by atoms with Gasteiger partial charge in [0, 0.05) is 21.8 Å². The molecule has 0 fully saturated rings. The zero-order chi connectivity index (χ0) is 20.1. The van der Waals surface area contributed by atoms with E-state index >= 15 is 0 Å². The quantitative estimate of drug-likeness (QED) is 0.280. The molecule has 0 aliphatic carbocycles. The Morgan fingerprint density at radius 1 is 0.724 bits per heavy atom. The summed E-state index contributed by atoms with van der Waals surface area (Å²) in [6.45, 7) is 0. The van der Waals surface area contributed by atoms with E-state index in [-0.39, 0.29) is 5.84 Å². The zero-order valence-electron chi connectivity index (χ0n) is 15.6. The summed E-state index contributed by atoms with van der Waals surface area (Å²) in [5.74, 6) is 0.684. The Morgan fingerprint density at radius 2 is 1.34 bits per heavy atom. The number of fused-ring (bicyclic) bond motifs is 1. The lowest BCUT2D eigenvalue weighted by Gasteiger charge is -2.08. The van der Waals surface area contributed by atoms with Crippen LogP contribution >= 0.6 is 15.9 Å². The molecule has 0 unspecified atom stereocenters. The van der Waals surface area contributed by atoms with Gasteiger partial charge in [0.05, 0.1) is 0 Å². The van der Waals surface area contributed by atoms with Crippen molar-refractivity contribution >= 4 is 44.6 Å². The Morgan fingerprint density at radius 3 is 2.07 bits per heavy atom. The number of hydrogen-bond acceptors (Lipinski definition) is 1. The van der Waals surface area contributed by atoms with Gasteiger partial charge in [0.2, 0.25) is 0 Å². The number of hydrogen-bond donors (Lipinski definition) is 1. The van der Waals surface area contributed by atoms with Crippen molar-refractivity contribution in [1.82, 2.24) is 0 Å². The Kier molecular flexibility index (Phi) is 5.73. The van der Waals surface area contributed by atoms with Gasteiger partial charge >= 0.3 is 0 Å². The van der Waals surface area contributed by atoms with Crippen LogP contribution in [0.15, 0.2) is 112 Å². The van der Waals surface area contributed by atoms with Crippen LogP contribution in [0.4, 0.5) is 0 Å². The molecule has 0 radical (unpaired) electrons. The second kappa shape index (κ2) is 8.76. The second-order valence-electron chi connectivity index (χ2n) is 6.46. The maximum absolute atomic E-state index is 8.67. The van der Waals surface area contributed by atoms with Gasteiger partial charge in [-0.3, -0.25) is 5.41 Å². The third-order valence-electron chi connectivity index (χ3n) is 4.51. The number of nitrogens with zero attached hydrogens (tertiary/aromatic N) is 2. The number of amidine groups is 2. The van der Waals surface area contributed by atoms with Gasteiger partial charge in [0.25, 0.3) is 0 Å². The number of aliphatic imine (C=N–C) groups is 2. The van der Waals surface area contributed by atoms with Crippen LogP contribution in [0.5, 0.6) is 0 Å². The largest absolute Gasteiger partial charge is 0.282 e. The van der Waals surface area contributed by atoms with Crippen LogP contribution in [-0.2, 0) is 0 Å². The lowest BCUT2D eigenvalue weighted by atomic mass is 10.0.